The average molecular weight is 227 g/mol. The van der Waals surface area contributed by atoms with Crippen LogP contribution in [-0.4, -0.2) is 15.1 Å². The van der Waals surface area contributed by atoms with Crippen LogP contribution in [0.5, 0.6) is 0 Å². The predicted octanol–water partition coefficient (Wildman–Crippen LogP) is 2.27. The highest BCUT2D eigenvalue weighted by atomic mass is 35.5. The lowest BCUT2D eigenvalue weighted by Crippen LogP contribution is -1.99. The lowest BCUT2D eigenvalue weighted by Gasteiger charge is -2.05. The van der Waals surface area contributed by atoms with Gasteiger partial charge in [0.25, 0.3) is 0 Å². The van der Waals surface area contributed by atoms with Gasteiger partial charge in [-0.15, -0.1) is 11.3 Å². The van der Waals surface area contributed by atoms with Crippen LogP contribution in [0.15, 0.2) is 30.7 Å². The van der Waals surface area contributed by atoms with Crippen LogP contribution in [0.3, 0.4) is 0 Å². The van der Waals surface area contributed by atoms with Gasteiger partial charge in [0.05, 0.1) is 10.0 Å². The third kappa shape index (κ3) is 1.92. The molecule has 72 valence electrons. The summed E-state index contributed by atoms with van der Waals surface area (Å²) in [6, 6.07) is 5.23. The number of aliphatic hydroxyl groups is 1. The zero-order valence-corrected chi connectivity index (χ0v) is 8.66. The Morgan fingerprint density at radius 2 is 2.21 bits per heavy atom. The van der Waals surface area contributed by atoms with Gasteiger partial charge < -0.3 is 5.11 Å². The van der Waals surface area contributed by atoms with Gasteiger partial charge in [-0.2, -0.15) is 0 Å². The molecule has 1 atom stereocenters. The van der Waals surface area contributed by atoms with Crippen LogP contribution in [-0.2, 0) is 0 Å². The van der Waals surface area contributed by atoms with Gasteiger partial charge in [0.1, 0.15) is 12.4 Å². The molecule has 0 saturated carbocycles. The van der Waals surface area contributed by atoms with E-state index in [-0.39, 0.29) is 0 Å². The second kappa shape index (κ2) is 4.04. The molecule has 0 fully saturated rings. The van der Waals surface area contributed by atoms with Crippen LogP contribution >= 0.6 is 22.9 Å². The third-order valence-corrected chi connectivity index (χ3v) is 3.03. The van der Waals surface area contributed by atoms with Crippen molar-refractivity contribution in [1.82, 2.24) is 9.97 Å². The van der Waals surface area contributed by atoms with E-state index in [0.717, 1.165) is 4.88 Å². The van der Waals surface area contributed by atoms with Crippen LogP contribution in [0.1, 0.15) is 16.7 Å². The molecule has 3 nitrogen and oxygen atoms in total. The fourth-order valence-corrected chi connectivity index (χ4v) is 2.14. The molecule has 14 heavy (non-hydrogen) atoms. The van der Waals surface area contributed by atoms with Crippen molar-refractivity contribution in [3.05, 3.63) is 45.6 Å². The van der Waals surface area contributed by atoms with Crippen molar-refractivity contribution in [2.24, 2.45) is 0 Å². The van der Waals surface area contributed by atoms with E-state index in [1.54, 1.807) is 24.4 Å². The van der Waals surface area contributed by atoms with E-state index in [0.29, 0.717) is 10.0 Å². The first kappa shape index (κ1) is 9.58. The quantitative estimate of drug-likeness (QED) is 0.855. The molecule has 5 heteroatoms. The van der Waals surface area contributed by atoms with Crippen molar-refractivity contribution in [2.75, 3.05) is 0 Å². The molecule has 1 unspecified atom stereocenters. The van der Waals surface area contributed by atoms with Crippen LogP contribution in [0.4, 0.5) is 0 Å². The van der Waals surface area contributed by atoms with Crippen molar-refractivity contribution in [3.8, 4) is 0 Å². The Hall–Kier alpha value is -0.970. The van der Waals surface area contributed by atoms with Crippen LogP contribution < -0.4 is 0 Å². The summed E-state index contributed by atoms with van der Waals surface area (Å²) in [5, 5.41) is 9.87. The van der Waals surface area contributed by atoms with Gasteiger partial charge in [0.2, 0.25) is 0 Å². The van der Waals surface area contributed by atoms with Gasteiger partial charge in [-0.05, 0) is 18.2 Å². The maximum absolute atomic E-state index is 9.87. The van der Waals surface area contributed by atoms with E-state index in [1.165, 1.54) is 17.7 Å². The average Bonchev–Trinajstić information content (AvgIpc) is 2.65. The number of halogens is 1. The third-order valence-electron chi connectivity index (χ3n) is 1.75. The first-order valence-corrected chi connectivity index (χ1v) is 5.16. The fourth-order valence-electron chi connectivity index (χ4n) is 1.08. The van der Waals surface area contributed by atoms with Crippen molar-refractivity contribution in [3.63, 3.8) is 0 Å². The highest BCUT2D eigenvalue weighted by Gasteiger charge is 2.13. The second-order valence-electron chi connectivity index (χ2n) is 2.68. The molecule has 0 saturated heterocycles. The monoisotopic (exact) mass is 226 g/mol. The summed E-state index contributed by atoms with van der Waals surface area (Å²) in [7, 11) is 0. The summed E-state index contributed by atoms with van der Waals surface area (Å²) in [5.74, 6) is 0. The molecular formula is C9H7ClN2OS. The largest absolute Gasteiger partial charge is 0.381 e. The smallest absolute Gasteiger partial charge is 0.130 e. The molecule has 0 aromatic carbocycles. The summed E-state index contributed by atoms with van der Waals surface area (Å²) >= 11 is 7.11. The van der Waals surface area contributed by atoms with Gasteiger partial charge in [0.15, 0.2) is 0 Å². The SMILES string of the molecule is OC(c1ccncn1)c1ccc(Cl)s1. The molecule has 2 rings (SSSR count). The minimum absolute atomic E-state index is 0.582. The van der Waals surface area contributed by atoms with Gasteiger partial charge in [-0.1, -0.05) is 11.6 Å². The molecule has 0 aliphatic rings. The van der Waals surface area contributed by atoms with Gasteiger partial charge in [-0.25, -0.2) is 9.97 Å². The van der Waals surface area contributed by atoms with E-state index in [4.69, 9.17) is 11.6 Å². The molecule has 0 spiro atoms. The number of hydrogen-bond acceptors (Lipinski definition) is 4. The first-order valence-electron chi connectivity index (χ1n) is 3.96. The summed E-state index contributed by atoms with van der Waals surface area (Å²) in [6.07, 6.45) is 2.30. The van der Waals surface area contributed by atoms with Crippen LogP contribution in [0, 0.1) is 0 Å². The highest BCUT2D eigenvalue weighted by Crippen LogP contribution is 2.29. The number of thiophene rings is 1. The highest BCUT2D eigenvalue weighted by molar-refractivity contribution is 7.16. The molecule has 0 amide bonds. The summed E-state index contributed by atoms with van der Waals surface area (Å²) < 4.78 is 0.660. The maximum Gasteiger partial charge on any atom is 0.130 e. The van der Waals surface area contributed by atoms with Gasteiger partial charge in [-0.3, -0.25) is 0 Å². The maximum atomic E-state index is 9.87. The van der Waals surface area contributed by atoms with Crippen molar-refractivity contribution >= 4 is 22.9 Å². The summed E-state index contributed by atoms with van der Waals surface area (Å²) in [5.41, 5.74) is 0.582. The van der Waals surface area contributed by atoms with Crippen LogP contribution in [0.25, 0.3) is 0 Å². The van der Waals surface area contributed by atoms with E-state index in [9.17, 15) is 5.11 Å². The minimum Gasteiger partial charge on any atom is -0.381 e. The number of rotatable bonds is 2. The first-order chi connectivity index (χ1) is 6.77. The number of aliphatic hydroxyl groups excluding tert-OH is 1. The summed E-state index contributed by atoms with van der Waals surface area (Å²) in [6.45, 7) is 0. The molecule has 2 aromatic rings. The molecule has 0 radical (unpaired) electrons. The minimum atomic E-state index is -0.713. The van der Waals surface area contributed by atoms with Crippen molar-refractivity contribution in [2.45, 2.75) is 6.10 Å². The van der Waals surface area contributed by atoms with E-state index in [2.05, 4.69) is 9.97 Å². The Morgan fingerprint density at radius 1 is 1.36 bits per heavy atom. The van der Waals surface area contributed by atoms with Crippen molar-refractivity contribution in [1.29, 1.82) is 0 Å². The molecule has 2 heterocycles. The van der Waals surface area contributed by atoms with E-state index >= 15 is 0 Å². The number of nitrogens with zero attached hydrogens (tertiary/aromatic N) is 2. The predicted molar refractivity (Wildman–Crippen MR) is 55.4 cm³/mol. The number of hydrogen-bond donors (Lipinski definition) is 1. The molecular weight excluding hydrogens is 220 g/mol. The molecule has 0 aliphatic heterocycles. The van der Waals surface area contributed by atoms with E-state index in [1.807, 2.05) is 0 Å². The normalized spacial score (nSPS) is 12.7. The lowest BCUT2D eigenvalue weighted by atomic mass is 10.2. The van der Waals surface area contributed by atoms with Gasteiger partial charge in [0, 0.05) is 11.1 Å². The Labute approximate surface area is 90.0 Å². The lowest BCUT2D eigenvalue weighted by molar-refractivity contribution is 0.219. The number of aromatic nitrogens is 2. The molecule has 0 aliphatic carbocycles. The Balaban J connectivity index is 2.29. The molecule has 2 aromatic heterocycles. The zero-order valence-electron chi connectivity index (χ0n) is 7.09. The Kier molecular flexibility index (Phi) is 2.77. The zero-order chi connectivity index (χ0) is 9.97. The second-order valence-corrected chi connectivity index (χ2v) is 4.43. The Bertz CT molecular complexity index is 418. The van der Waals surface area contributed by atoms with Gasteiger partial charge >= 0.3 is 0 Å². The fraction of sp³-hybridized carbons (Fsp3) is 0.111. The van der Waals surface area contributed by atoms with Crippen LogP contribution in [0.2, 0.25) is 4.34 Å². The Morgan fingerprint density at radius 3 is 2.79 bits per heavy atom. The molecule has 1 N–H and O–H groups in total. The van der Waals surface area contributed by atoms with Crippen molar-refractivity contribution < 1.29 is 5.11 Å². The summed E-state index contributed by atoms with van der Waals surface area (Å²) in [4.78, 5) is 8.53. The molecule has 0 bridgehead atoms. The standard InChI is InChI=1S/C9H7ClN2OS/c10-8-2-1-7(14-8)9(13)6-3-4-11-5-12-6/h1-5,9,13H. The topological polar surface area (TPSA) is 46.0 Å². The van der Waals surface area contributed by atoms with E-state index < -0.39 is 6.10 Å².